The molecule has 1 aromatic heterocycles. The van der Waals surface area contributed by atoms with Gasteiger partial charge in [0.25, 0.3) is 5.91 Å². The number of rotatable bonds is 4. The summed E-state index contributed by atoms with van der Waals surface area (Å²) in [4.78, 5) is 31.0. The van der Waals surface area contributed by atoms with Gasteiger partial charge in [-0.3, -0.25) is 9.59 Å². The standard InChI is InChI=1S/C22H25F2N3O3/c1-2-30-22(29)14-7-9-26(10-8-14)21(28)19-13-27-12-15(3-6-20(27)25-19)17-11-16(23)4-5-18(17)24/h4-5,11,13-15H,2-3,6-10,12H2,1H3. The van der Waals surface area contributed by atoms with E-state index in [1.165, 1.54) is 6.07 Å². The first-order chi connectivity index (χ1) is 14.5. The van der Waals surface area contributed by atoms with Crippen LogP contribution in [0.2, 0.25) is 0 Å². The molecule has 2 aromatic rings. The van der Waals surface area contributed by atoms with Crippen molar-refractivity contribution in [2.24, 2.45) is 5.92 Å². The van der Waals surface area contributed by atoms with E-state index in [0.717, 1.165) is 18.0 Å². The lowest BCUT2D eigenvalue weighted by Gasteiger charge is -2.30. The number of likely N-dealkylation sites (tertiary alicyclic amines) is 1. The van der Waals surface area contributed by atoms with Gasteiger partial charge in [-0.1, -0.05) is 0 Å². The summed E-state index contributed by atoms with van der Waals surface area (Å²) in [5.74, 6) is -0.759. The average molecular weight is 417 g/mol. The van der Waals surface area contributed by atoms with Gasteiger partial charge in [-0.05, 0) is 49.9 Å². The second kappa shape index (κ2) is 8.53. The van der Waals surface area contributed by atoms with Crippen molar-refractivity contribution in [1.82, 2.24) is 14.5 Å². The molecule has 0 saturated carbocycles. The number of esters is 1. The largest absolute Gasteiger partial charge is 0.466 e. The highest BCUT2D eigenvalue weighted by atomic mass is 19.1. The summed E-state index contributed by atoms with van der Waals surface area (Å²) < 4.78 is 34.7. The number of aryl methyl sites for hydroxylation is 1. The minimum Gasteiger partial charge on any atom is -0.466 e. The summed E-state index contributed by atoms with van der Waals surface area (Å²) >= 11 is 0. The molecule has 30 heavy (non-hydrogen) atoms. The van der Waals surface area contributed by atoms with E-state index >= 15 is 0 Å². The molecule has 1 atom stereocenters. The number of benzene rings is 1. The second-order valence-electron chi connectivity index (χ2n) is 7.91. The van der Waals surface area contributed by atoms with Crippen molar-refractivity contribution in [3.63, 3.8) is 0 Å². The number of carbonyl (C=O) groups is 2. The van der Waals surface area contributed by atoms with Crippen LogP contribution in [-0.2, 0) is 22.5 Å². The average Bonchev–Trinajstić information content (AvgIpc) is 3.18. The molecule has 0 bridgehead atoms. The van der Waals surface area contributed by atoms with E-state index < -0.39 is 11.6 Å². The Hall–Kier alpha value is -2.77. The van der Waals surface area contributed by atoms with Gasteiger partial charge in [0.1, 0.15) is 23.2 Å². The Labute approximate surface area is 173 Å². The molecular formula is C22H25F2N3O3. The fraction of sp³-hybridized carbons (Fsp3) is 0.500. The lowest BCUT2D eigenvalue weighted by Crippen LogP contribution is -2.40. The molecule has 2 aliphatic heterocycles. The second-order valence-corrected chi connectivity index (χ2v) is 7.91. The number of fused-ring (bicyclic) bond motifs is 1. The van der Waals surface area contributed by atoms with Crippen LogP contribution >= 0.6 is 0 Å². The molecule has 1 fully saturated rings. The highest BCUT2D eigenvalue weighted by Gasteiger charge is 2.31. The summed E-state index contributed by atoms with van der Waals surface area (Å²) in [7, 11) is 0. The fourth-order valence-electron chi connectivity index (χ4n) is 4.37. The minimum absolute atomic E-state index is 0.160. The van der Waals surface area contributed by atoms with Crippen molar-refractivity contribution < 1.29 is 23.1 Å². The molecule has 1 unspecified atom stereocenters. The molecule has 0 N–H and O–H groups in total. The zero-order valence-corrected chi connectivity index (χ0v) is 16.9. The monoisotopic (exact) mass is 417 g/mol. The number of amides is 1. The zero-order chi connectivity index (χ0) is 21.3. The van der Waals surface area contributed by atoms with Crippen molar-refractivity contribution in [1.29, 1.82) is 0 Å². The molecule has 1 aromatic carbocycles. The van der Waals surface area contributed by atoms with Crippen molar-refractivity contribution in [2.75, 3.05) is 19.7 Å². The lowest BCUT2D eigenvalue weighted by molar-refractivity contribution is -0.149. The first kappa shape index (κ1) is 20.5. The van der Waals surface area contributed by atoms with Gasteiger partial charge in [0.2, 0.25) is 0 Å². The Morgan fingerprint density at radius 2 is 1.97 bits per heavy atom. The molecule has 0 aliphatic carbocycles. The molecule has 6 nitrogen and oxygen atoms in total. The van der Waals surface area contributed by atoms with Crippen molar-refractivity contribution in [3.8, 4) is 0 Å². The van der Waals surface area contributed by atoms with Crippen molar-refractivity contribution >= 4 is 11.9 Å². The van der Waals surface area contributed by atoms with Crippen LogP contribution in [0.3, 0.4) is 0 Å². The van der Waals surface area contributed by atoms with Gasteiger partial charge in [-0.15, -0.1) is 0 Å². The van der Waals surface area contributed by atoms with Crippen LogP contribution in [-0.4, -0.2) is 46.0 Å². The van der Waals surface area contributed by atoms with Crippen LogP contribution in [0.25, 0.3) is 0 Å². The predicted molar refractivity (Wildman–Crippen MR) is 105 cm³/mol. The van der Waals surface area contributed by atoms with Gasteiger partial charge < -0.3 is 14.2 Å². The first-order valence-corrected chi connectivity index (χ1v) is 10.4. The molecule has 4 rings (SSSR count). The number of ether oxygens (including phenoxy) is 1. The Morgan fingerprint density at radius 3 is 2.70 bits per heavy atom. The molecule has 160 valence electrons. The molecule has 0 radical (unpaired) electrons. The van der Waals surface area contributed by atoms with Crippen LogP contribution in [0.5, 0.6) is 0 Å². The summed E-state index contributed by atoms with van der Waals surface area (Å²) in [6.45, 7) is 3.58. The van der Waals surface area contributed by atoms with E-state index in [-0.39, 0.29) is 23.7 Å². The quantitative estimate of drug-likeness (QED) is 0.716. The maximum Gasteiger partial charge on any atom is 0.309 e. The molecule has 3 heterocycles. The third-order valence-corrected chi connectivity index (χ3v) is 6.01. The van der Waals surface area contributed by atoms with E-state index in [1.807, 2.05) is 4.57 Å². The van der Waals surface area contributed by atoms with Gasteiger partial charge in [0.05, 0.1) is 12.5 Å². The van der Waals surface area contributed by atoms with Gasteiger partial charge in [0.15, 0.2) is 0 Å². The Kier molecular flexibility index (Phi) is 5.83. The summed E-state index contributed by atoms with van der Waals surface area (Å²) in [5.41, 5.74) is 0.725. The van der Waals surface area contributed by atoms with E-state index in [4.69, 9.17) is 4.74 Å². The number of carbonyl (C=O) groups excluding carboxylic acids is 2. The van der Waals surface area contributed by atoms with E-state index in [2.05, 4.69) is 4.98 Å². The van der Waals surface area contributed by atoms with E-state index in [0.29, 0.717) is 63.2 Å². The number of nitrogens with zero attached hydrogens (tertiary/aromatic N) is 3. The Balaban J connectivity index is 1.42. The number of imidazole rings is 1. The zero-order valence-electron chi connectivity index (χ0n) is 16.9. The Bertz CT molecular complexity index is 951. The lowest BCUT2D eigenvalue weighted by atomic mass is 9.91. The minimum atomic E-state index is -0.454. The van der Waals surface area contributed by atoms with Crippen LogP contribution in [0, 0.1) is 17.6 Å². The number of aromatic nitrogens is 2. The van der Waals surface area contributed by atoms with Crippen molar-refractivity contribution in [3.05, 3.63) is 53.1 Å². The number of hydrogen-bond acceptors (Lipinski definition) is 4. The smallest absolute Gasteiger partial charge is 0.309 e. The fourth-order valence-corrected chi connectivity index (χ4v) is 4.37. The third kappa shape index (κ3) is 4.08. The highest BCUT2D eigenvalue weighted by molar-refractivity contribution is 5.92. The molecule has 2 aliphatic rings. The van der Waals surface area contributed by atoms with Crippen LogP contribution in [0.15, 0.2) is 24.4 Å². The summed E-state index contributed by atoms with van der Waals surface area (Å²) in [6, 6.07) is 3.52. The molecule has 1 amide bonds. The number of hydrogen-bond donors (Lipinski definition) is 0. The summed E-state index contributed by atoms with van der Waals surface area (Å²) in [5, 5.41) is 0. The van der Waals surface area contributed by atoms with Gasteiger partial charge in [-0.25, -0.2) is 13.8 Å². The van der Waals surface area contributed by atoms with Gasteiger partial charge in [0, 0.05) is 38.2 Å². The van der Waals surface area contributed by atoms with Crippen LogP contribution in [0.1, 0.15) is 54.0 Å². The number of piperidine rings is 1. The maximum atomic E-state index is 14.2. The Morgan fingerprint density at radius 1 is 1.20 bits per heavy atom. The maximum absolute atomic E-state index is 14.2. The molecule has 0 spiro atoms. The first-order valence-electron chi connectivity index (χ1n) is 10.4. The molecular weight excluding hydrogens is 392 g/mol. The van der Waals surface area contributed by atoms with Crippen molar-refractivity contribution in [2.45, 2.75) is 45.1 Å². The van der Waals surface area contributed by atoms with Crippen LogP contribution in [0.4, 0.5) is 8.78 Å². The van der Waals surface area contributed by atoms with E-state index in [1.54, 1.807) is 18.0 Å². The van der Waals surface area contributed by atoms with E-state index in [9.17, 15) is 18.4 Å². The summed E-state index contributed by atoms with van der Waals surface area (Å²) in [6.07, 6.45) is 4.12. The SMILES string of the molecule is CCOC(=O)C1CCN(C(=O)c2cn3c(n2)CCC(c2cc(F)ccc2F)C3)CC1. The van der Waals surface area contributed by atoms with Crippen LogP contribution < -0.4 is 0 Å². The number of halogens is 2. The third-order valence-electron chi connectivity index (χ3n) is 6.01. The normalized spacial score (nSPS) is 19.4. The topological polar surface area (TPSA) is 64.4 Å². The molecule has 8 heteroatoms. The predicted octanol–water partition coefficient (Wildman–Crippen LogP) is 3.31. The highest BCUT2D eigenvalue weighted by Crippen LogP contribution is 2.31. The van der Waals surface area contributed by atoms with Gasteiger partial charge in [-0.2, -0.15) is 0 Å². The van der Waals surface area contributed by atoms with Gasteiger partial charge >= 0.3 is 5.97 Å². The molecule has 1 saturated heterocycles.